The lowest BCUT2D eigenvalue weighted by atomic mass is 9.32. The van der Waals surface area contributed by atoms with E-state index in [4.69, 9.17) is 9.47 Å². The van der Waals surface area contributed by atoms with Crippen molar-refractivity contribution in [2.75, 3.05) is 6.61 Å². The minimum absolute atomic E-state index is 0.000216. The molecule has 2 aliphatic heterocycles. The Morgan fingerprint density at radius 1 is 1.00 bits per heavy atom. The number of hydrogen-bond acceptors (Lipinski definition) is 5. The van der Waals surface area contributed by atoms with Gasteiger partial charge in [0.15, 0.2) is 5.79 Å². The molecule has 0 aromatic rings. The lowest BCUT2D eigenvalue weighted by Gasteiger charge is -2.74. The molecule has 6 fully saturated rings. The van der Waals surface area contributed by atoms with Crippen molar-refractivity contribution in [2.45, 2.75) is 125 Å². The molecule has 2 saturated heterocycles. The largest absolute Gasteiger partial charge is 0.481 e. The van der Waals surface area contributed by atoms with Gasteiger partial charge in [-0.2, -0.15) is 0 Å². The zero-order chi connectivity index (χ0) is 30.0. The number of allylic oxidation sites excluding steroid dienone is 3. The van der Waals surface area contributed by atoms with Crippen LogP contribution in [0.15, 0.2) is 23.3 Å². The van der Waals surface area contributed by atoms with Crippen molar-refractivity contribution in [1.82, 2.24) is 0 Å². The van der Waals surface area contributed by atoms with Crippen molar-refractivity contribution in [3.8, 4) is 0 Å². The third-order valence-corrected chi connectivity index (χ3v) is 14.5. The molecule has 2 heterocycles. The first-order chi connectivity index (χ1) is 18.9. The van der Waals surface area contributed by atoms with Gasteiger partial charge in [0.1, 0.15) is 11.5 Å². The third kappa shape index (κ3) is 3.50. The topological polar surface area (TPSA) is 93.1 Å². The molecule has 7 rings (SSSR count). The summed E-state index contributed by atoms with van der Waals surface area (Å²) in [4.78, 5) is 26.4. The molecule has 6 nitrogen and oxygen atoms in total. The second kappa shape index (κ2) is 8.71. The number of esters is 1. The van der Waals surface area contributed by atoms with E-state index in [9.17, 15) is 19.8 Å². The molecule has 2 N–H and O–H groups in total. The lowest BCUT2D eigenvalue weighted by molar-refractivity contribution is -0.395. The summed E-state index contributed by atoms with van der Waals surface area (Å²) in [7, 11) is 0. The van der Waals surface area contributed by atoms with Crippen molar-refractivity contribution in [1.29, 1.82) is 0 Å². The molecule has 41 heavy (non-hydrogen) atoms. The van der Waals surface area contributed by atoms with Crippen LogP contribution in [0.2, 0.25) is 0 Å². The number of aliphatic hydroxyl groups is 1. The molecule has 0 unspecified atom stereocenters. The van der Waals surface area contributed by atoms with Crippen LogP contribution in [0.25, 0.3) is 0 Å². The van der Waals surface area contributed by atoms with Gasteiger partial charge in [0.05, 0.1) is 6.61 Å². The molecular formula is C35H52O6. The number of carbonyl (C=O) groups is 2. The van der Waals surface area contributed by atoms with Gasteiger partial charge >= 0.3 is 11.9 Å². The number of fused-ring (bicyclic) bond motifs is 7. The van der Waals surface area contributed by atoms with E-state index in [1.807, 2.05) is 6.92 Å². The van der Waals surface area contributed by atoms with Gasteiger partial charge in [-0.25, -0.2) is 4.79 Å². The maximum atomic E-state index is 13.4. The predicted molar refractivity (Wildman–Crippen MR) is 157 cm³/mol. The Balaban J connectivity index is 1.44. The monoisotopic (exact) mass is 568 g/mol. The van der Waals surface area contributed by atoms with Crippen molar-refractivity contribution in [3.63, 3.8) is 0 Å². The van der Waals surface area contributed by atoms with Crippen LogP contribution < -0.4 is 0 Å². The second-order valence-corrected chi connectivity index (χ2v) is 16.7. The van der Waals surface area contributed by atoms with Gasteiger partial charge < -0.3 is 19.7 Å². The van der Waals surface area contributed by atoms with Crippen LogP contribution in [0.4, 0.5) is 0 Å². The van der Waals surface area contributed by atoms with Crippen molar-refractivity contribution in [2.24, 2.45) is 50.2 Å². The van der Waals surface area contributed by atoms with Gasteiger partial charge in [0, 0.05) is 28.7 Å². The fourth-order valence-electron chi connectivity index (χ4n) is 11.7. The van der Waals surface area contributed by atoms with E-state index in [-0.39, 0.29) is 33.0 Å². The normalized spacial score (nSPS) is 49.5. The molecule has 0 amide bonds. The molecule has 6 heteroatoms. The second-order valence-electron chi connectivity index (χ2n) is 16.7. The maximum absolute atomic E-state index is 13.4. The van der Waals surface area contributed by atoms with E-state index in [0.29, 0.717) is 43.3 Å². The summed E-state index contributed by atoms with van der Waals surface area (Å²) in [6, 6.07) is 0. The van der Waals surface area contributed by atoms with Crippen molar-refractivity contribution >= 4 is 11.9 Å². The highest BCUT2D eigenvalue weighted by Crippen LogP contribution is 2.78. The van der Waals surface area contributed by atoms with Gasteiger partial charge in [0.2, 0.25) is 0 Å². The third-order valence-electron chi connectivity index (χ3n) is 14.5. The molecule has 7 aliphatic rings. The molecular weight excluding hydrogens is 516 g/mol. The number of carboxylic acids is 1. The minimum atomic E-state index is -1.11. The zero-order valence-corrected chi connectivity index (χ0v) is 26.6. The van der Waals surface area contributed by atoms with Crippen LogP contribution in [0.3, 0.4) is 0 Å². The minimum Gasteiger partial charge on any atom is -0.481 e. The van der Waals surface area contributed by atoms with Gasteiger partial charge in [-0.1, -0.05) is 59.3 Å². The average Bonchev–Trinajstić information content (AvgIpc) is 2.88. The van der Waals surface area contributed by atoms with Crippen molar-refractivity contribution in [3.05, 3.63) is 23.3 Å². The number of carboxylic acid groups (broad SMARTS) is 1. The van der Waals surface area contributed by atoms with Gasteiger partial charge in [-0.05, 0) is 93.3 Å². The average molecular weight is 569 g/mol. The van der Waals surface area contributed by atoms with E-state index < -0.39 is 29.2 Å². The maximum Gasteiger partial charge on any atom is 0.333 e. The van der Waals surface area contributed by atoms with Crippen LogP contribution in [0.1, 0.15) is 113 Å². The Kier molecular flexibility index (Phi) is 6.25. The first kappa shape index (κ1) is 29.4. The van der Waals surface area contributed by atoms with Crippen LogP contribution >= 0.6 is 0 Å². The summed E-state index contributed by atoms with van der Waals surface area (Å²) in [6.07, 6.45) is 10.9. The summed E-state index contributed by atoms with van der Waals surface area (Å²) in [5.41, 5.74) is 0.153. The molecule has 4 saturated carbocycles. The van der Waals surface area contributed by atoms with Crippen LogP contribution in [-0.4, -0.2) is 40.6 Å². The van der Waals surface area contributed by atoms with Gasteiger partial charge in [-0.15, -0.1) is 0 Å². The summed E-state index contributed by atoms with van der Waals surface area (Å²) >= 11 is 0. The fraction of sp³-hybridized carbons (Fsp3) is 0.829. The molecule has 1 spiro atoms. The molecule has 0 radical (unpaired) electrons. The van der Waals surface area contributed by atoms with Gasteiger partial charge in [-0.3, -0.25) is 4.79 Å². The molecule has 9 atom stereocenters. The highest BCUT2D eigenvalue weighted by Gasteiger charge is 2.75. The number of ether oxygens (including phenoxy) is 2. The van der Waals surface area contributed by atoms with Crippen LogP contribution in [0.5, 0.6) is 0 Å². The van der Waals surface area contributed by atoms with Gasteiger partial charge in [0.25, 0.3) is 0 Å². The van der Waals surface area contributed by atoms with E-state index in [2.05, 4.69) is 47.6 Å². The number of rotatable bonds is 3. The molecule has 2 bridgehead atoms. The van der Waals surface area contributed by atoms with Crippen LogP contribution in [-0.2, 0) is 19.1 Å². The summed E-state index contributed by atoms with van der Waals surface area (Å²) in [5, 5.41) is 22.4. The Morgan fingerprint density at radius 3 is 2.32 bits per heavy atom. The predicted octanol–water partition coefficient (Wildman–Crippen LogP) is 7.06. The number of aliphatic carboxylic acids is 1. The number of hydrogen-bond donors (Lipinski definition) is 2. The summed E-state index contributed by atoms with van der Waals surface area (Å²) < 4.78 is 12.5. The Labute approximate surface area is 246 Å². The Bertz CT molecular complexity index is 1220. The van der Waals surface area contributed by atoms with E-state index in [0.717, 1.165) is 38.5 Å². The lowest BCUT2D eigenvalue weighted by Crippen LogP contribution is -2.73. The smallest absolute Gasteiger partial charge is 0.333 e. The van der Waals surface area contributed by atoms with E-state index in [1.165, 1.54) is 5.57 Å². The molecule has 228 valence electrons. The van der Waals surface area contributed by atoms with Crippen molar-refractivity contribution < 1.29 is 29.3 Å². The SMILES string of the molecule is C/C=C(\C)C(=O)O[C@@H]1CC(C)(C)C[C@H]2C3=CC[C@@H]4[C@]56CC[C@](O)(OC5)C(C)(C)[C@@H]6CC[C@@]4(C)[C@]3(C)CC[C@@]12C(=O)O. The zero-order valence-electron chi connectivity index (χ0n) is 26.6. The van der Waals surface area contributed by atoms with Crippen LogP contribution in [0, 0.1) is 50.2 Å². The summed E-state index contributed by atoms with van der Waals surface area (Å²) in [6.45, 7) is 17.9. The van der Waals surface area contributed by atoms with E-state index in [1.54, 1.807) is 13.0 Å². The first-order valence-electron chi connectivity index (χ1n) is 16.1. The first-order valence-corrected chi connectivity index (χ1v) is 16.1. The number of carbonyl (C=O) groups excluding carboxylic acids is 1. The van der Waals surface area contributed by atoms with E-state index >= 15 is 0 Å². The standard InChI is InChI=1S/C35H52O6/c1-9-21(2)27(36)41-26-19-29(3,4)18-23-22-10-11-25-32(8,31(22,7)14-16-34(23,26)28(37)38)13-12-24-30(5,6)35(39)17-15-33(24,25)20-40-35/h9-10,23-26,39H,11-20H2,1-8H3,(H,37,38)/b21-9+/t23-,24-,25-,26+,31+,32+,33+,34-,35-/m0/s1. The molecule has 0 aromatic carbocycles. The summed E-state index contributed by atoms with van der Waals surface area (Å²) in [5.74, 6) is -1.60. The Hall–Kier alpha value is -1.66. The highest BCUT2D eigenvalue weighted by molar-refractivity contribution is 5.88. The quantitative estimate of drug-likeness (QED) is 0.215. The fourth-order valence-corrected chi connectivity index (χ4v) is 11.7. The molecule has 0 aromatic heterocycles. The highest BCUT2D eigenvalue weighted by atomic mass is 16.6. The molecule has 5 aliphatic carbocycles. The Morgan fingerprint density at radius 2 is 1.71 bits per heavy atom.